The van der Waals surface area contributed by atoms with Crippen LogP contribution in [-0.4, -0.2) is 25.2 Å². The highest BCUT2D eigenvalue weighted by atomic mass is 35.5. The number of hydrogen-bond acceptors (Lipinski definition) is 3. The summed E-state index contributed by atoms with van der Waals surface area (Å²) in [4.78, 5) is 16.8. The fraction of sp³-hybridized carbons (Fsp3) is 0.278. The van der Waals surface area contributed by atoms with E-state index >= 15 is 0 Å². The van der Waals surface area contributed by atoms with E-state index in [1.165, 1.54) is 6.08 Å². The van der Waals surface area contributed by atoms with Gasteiger partial charge in [0.2, 0.25) is 5.95 Å². The maximum absolute atomic E-state index is 12.3. The fourth-order valence-corrected chi connectivity index (χ4v) is 3.01. The molecule has 0 spiro atoms. The number of para-hydroxylation sites is 2. The Morgan fingerprint density at radius 2 is 2.12 bits per heavy atom. The van der Waals surface area contributed by atoms with Crippen molar-refractivity contribution in [3.8, 4) is 0 Å². The fourth-order valence-electron chi connectivity index (χ4n) is 2.77. The highest BCUT2D eigenvalue weighted by Crippen LogP contribution is 2.21. The van der Waals surface area contributed by atoms with E-state index in [1.54, 1.807) is 17.8 Å². The third-order valence-electron chi connectivity index (χ3n) is 3.93. The van der Waals surface area contributed by atoms with Crippen molar-refractivity contribution in [3.63, 3.8) is 0 Å². The Morgan fingerprint density at radius 3 is 2.80 bits per heavy atom. The van der Waals surface area contributed by atoms with E-state index in [0.29, 0.717) is 11.1 Å². The van der Waals surface area contributed by atoms with E-state index in [4.69, 9.17) is 11.6 Å². The van der Waals surface area contributed by atoms with Crippen molar-refractivity contribution in [2.45, 2.75) is 26.8 Å². The van der Waals surface area contributed by atoms with Crippen LogP contribution in [0.4, 0.5) is 5.95 Å². The Bertz CT molecular complexity index is 954. The van der Waals surface area contributed by atoms with Crippen LogP contribution in [0.1, 0.15) is 24.6 Å². The molecule has 7 heteroatoms. The second-order valence-corrected chi connectivity index (χ2v) is 6.17. The van der Waals surface area contributed by atoms with Crippen LogP contribution in [0.25, 0.3) is 17.1 Å². The Labute approximate surface area is 151 Å². The second kappa shape index (κ2) is 7.11. The van der Waals surface area contributed by atoms with Gasteiger partial charge in [-0.05, 0) is 31.6 Å². The summed E-state index contributed by atoms with van der Waals surface area (Å²) in [6.07, 6.45) is 4.07. The quantitative estimate of drug-likeness (QED) is 0.706. The lowest BCUT2D eigenvalue weighted by Gasteiger charge is -2.07. The van der Waals surface area contributed by atoms with Gasteiger partial charge in [-0.1, -0.05) is 30.7 Å². The first-order valence-electron chi connectivity index (χ1n) is 8.14. The first-order valence-corrected chi connectivity index (χ1v) is 8.52. The minimum absolute atomic E-state index is 0.257. The molecule has 130 valence electrons. The molecule has 0 atom stereocenters. The van der Waals surface area contributed by atoms with Gasteiger partial charge in [-0.3, -0.25) is 14.8 Å². The zero-order valence-corrected chi connectivity index (χ0v) is 15.2. The summed E-state index contributed by atoms with van der Waals surface area (Å²) in [7, 11) is 1.76. The second-order valence-electron chi connectivity index (χ2n) is 5.81. The maximum Gasteiger partial charge on any atom is 0.250 e. The standard InChI is InChI=1S/C18H20ClN5O/c1-4-11-24-15-8-6-5-7-14(15)20-18(24)21-16(25)10-9-13-12(2)22-23(3)17(13)19/h5-10H,4,11H2,1-3H3,(H,20,21,25)/b10-9+. The van der Waals surface area contributed by atoms with Gasteiger partial charge in [-0.15, -0.1) is 0 Å². The average Bonchev–Trinajstić information content (AvgIpc) is 3.04. The lowest BCUT2D eigenvalue weighted by Crippen LogP contribution is -2.13. The molecule has 0 bridgehead atoms. The number of aromatic nitrogens is 4. The van der Waals surface area contributed by atoms with Crippen molar-refractivity contribution in [2.24, 2.45) is 7.05 Å². The van der Waals surface area contributed by atoms with Crippen molar-refractivity contribution in [2.75, 3.05) is 5.32 Å². The summed E-state index contributed by atoms with van der Waals surface area (Å²) in [6.45, 7) is 4.73. The van der Waals surface area contributed by atoms with Gasteiger partial charge >= 0.3 is 0 Å². The van der Waals surface area contributed by atoms with Crippen molar-refractivity contribution in [3.05, 3.63) is 46.8 Å². The molecule has 3 rings (SSSR count). The SMILES string of the molecule is CCCn1c(NC(=O)/C=C/c2c(C)nn(C)c2Cl)nc2ccccc21. The molecule has 0 aliphatic heterocycles. The predicted molar refractivity (Wildman–Crippen MR) is 101 cm³/mol. The van der Waals surface area contributed by atoms with E-state index in [0.717, 1.165) is 35.3 Å². The molecule has 0 unspecified atom stereocenters. The van der Waals surface area contributed by atoms with Gasteiger partial charge in [0.1, 0.15) is 5.15 Å². The number of amides is 1. The van der Waals surface area contributed by atoms with Gasteiger partial charge in [0.25, 0.3) is 5.91 Å². The minimum Gasteiger partial charge on any atom is -0.310 e. The molecule has 0 saturated heterocycles. The van der Waals surface area contributed by atoms with Crippen LogP contribution in [0.3, 0.4) is 0 Å². The normalized spacial score (nSPS) is 11.5. The number of rotatable bonds is 5. The maximum atomic E-state index is 12.3. The molecule has 0 aliphatic rings. The van der Waals surface area contributed by atoms with Gasteiger partial charge in [0, 0.05) is 25.2 Å². The van der Waals surface area contributed by atoms with Gasteiger partial charge in [0.05, 0.1) is 16.7 Å². The molecule has 0 radical (unpaired) electrons. The number of nitrogens with one attached hydrogen (secondary N) is 1. The number of hydrogen-bond donors (Lipinski definition) is 1. The van der Waals surface area contributed by atoms with Gasteiger partial charge < -0.3 is 4.57 Å². The zero-order chi connectivity index (χ0) is 18.0. The molecular formula is C18H20ClN5O. The summed E-state index contributed by atoms with van der Waals surface area (Å²) >= 11 is 6.18. The number of halogens is 1. The first-order chi connectivity index (χ1) is 12.0. The summed E-state index contributed by atoms with van der Waals surface area (Å²) in [5.41, 5.74) is 3.38. The van der Waals surface area contributed by atoms with Crippen LogP contribution in [0.15, 0.2) is 30.3 Å². The van der Waals surface area contributed by atoms with E-state index < -0.39 is 0 Å². The molecule has 6 nitrogen and oxygen atoms in total. The van der Waals surface area contributed by atoms with Crippen molar-refractivity contribution in [1.82, 2.24) is 19.3 Å². The van der Waals surface area contributed by atoms with Gasteiger partial charge in [0.15, 0.2) is 0 Å². The predicted octanol–water partition coefficient (Wildman–Crippen LogP) is 3.79. The van der Waals surface area contributed by atoms with Crippen LogP contribution in [-0.2, 0) is 18.4 Å². The van der Waals surface area contributed by atoms with Gasteiger partial charge in [-0.25, -0.2) is 4.98 Å². The molecule has 3 aromatic rings. The summed E-state index contributed by atoms with van der Waals surface area (Å²) in [5.74, 6) is 0.290. The van der Waals surface area contributed by atoms with Gasteiger partial charge in [-0.2, -0.15) is 5.10 Å². The lowest BCUT2D eigenvalue weighted by atomic mass is 10.2. The number of imidazole rings is 1. The number of nitrogens with zero attached hydrogens (tertiary/aromatic N) is 4. The zero-order valence-electron chi connectivity index (χ0n) is 14.5. The minimum atomic E-state index is -0.257. The highest BCUT2D eigenvalue weighted by molar-refractivity contribution is 6.31. The molecule has 25 heavy (non-hydrogen) atoms. The van der Waals surface area contributed by atoms with Crippen LogP contribution in [0.5, 0.6) is 0 Å². The molecule has 1 aromatic carbocycles. The molecule has 2 heterocycles. The topological polar surface area (TPSA) is 64.7 Å². The summed E-state index contributed by atoms with van der Waals surface area (Å²) in [6, 6.07) is 7.84. The molecule has 1 amide bonds. The van der Waals surface area contributed by atoms with E-state index in [-0.39, 0.29) is 5.91 Å². The number of carbonyl (C=O) groups is 1. The van der Waals surface area contributed by atoms with Crippen LogP contribution in [0.2, 0.25) is 5.15 Å². The van der Waals surface area contributed by atoms with E-state index in [1.807, 2.05) is 35.8 Å². The smallest absolute Gasteiger partial charge is 0.250 e. The van der Waals surface area contributed by atoms with Crippen LogP contribution in [0, 0.1) is 6.92 Å². The molecule has 1 N–H and O–H groups in total. The van der Waals surface area contributed by atoms with Crippen LogP contribution < -0.4 is 5.32 Å². The largest absolute Gasteiger partial charge is 0.310 e. The lowest BCUT2D eigenvalue weighted by molar-refractivity contribution is -0.111. The van der Waals surface area contributed by atoms with Crippen LogP contribution >= 0.6 is 11.6 Å². The Balaban J connectivity index is 1.84. The first kappa shape index (κ1) is 17.2. The monoisotopic (exact) mass is 357 g/mol. The van der Waals surface area contributed by atoms with Crippen molar-refractivity contribution >= 4 is 40.6 Å². The third-order valence-corrected chi connectivity index (χ3v) is 4.38. The highest BCUT2D eigenvalue weighted by Gasteiger charge is 2.12. The Hall–Kier alpha value is -2.60. The number of aryl methyl sites for hydroxylation is 3. The number of fused-ring (bicyclic) bond motifs is 1. The summed E-state index contributed by atoms with van der Waals surface area (Å²) < 4.78 is 3.60. The third kappa shape index (κ3) is 3.44. The number of carbonyl (C=O) groups excluding carboxylic acids is 1. The number of anilines is 1. The van der Waals surface area contributed by atoms with E-state index in [2.05, 4.69) is 22.3 Å². The average molecular weight is 358 g/mol. The summed E-state index contributed by atoms with van der Waals surface area (Å²) in [5, 5.41) is 7.58. The Morgan fingerprint density at radius 1 is 1.36 bits per heavy atom. The molecule has 0 aliphatic carbocycles. The molecule has 2 aromatic heterocycles. The molecular weight excluding hydrogens is 338 g/mol. The van der Waals surface area contributed by atoms with E-state index in [9.17, 15) is 4.79 Å². The van der Waals surface area contributed by atoms with Crippen molar-refractivity contribution in [1.29, 1.82) is 0 Å². The van der Waals surface area contributed by atoms with Crippen molar-refractivity contribution < 1.29 is 4.79 Å². The molecule has 0 saturated carbocycles. The molecule has 0 fully saturated rings. The number of benzene rings is 1. The Kier molecular flexibility index (Phi) is 4.90.